The number of hydrogen-bond acceptors (Lipinski definition) is 3. The number of hydrogen-bond donors (Lipinski definition) is 0. The summed E-state index contributed by atoms with van der Waals surface area (Å²) in [4.78, 5) is 0. The lowest BCUT2D eigenvalue weighted by atomic mass is 10.1. The molecule has 59 heavy (non-hydrogen) atoms. The van der Waals surface area contributed by atoms with Crippen molar-refractivity contribution >= 4 is 0 Å². The smallest absolute Gasteiger partial charge is 0.203 e. The standard InChI is InChI=1S/C55H98NO3/c1-7-11-14-17-20-23-26-28-30-32-35-37-40-43-46-57-53-49-52(51-56(5,6)10-4)50-54(55(53)59-48-45-42-39-34-25-22-19-16-13-9-3)58-47-44-41-38-36-33-31-29-27-24-21-18-15-12-8-2/h7-8,11-12,14-15,49-50H,1-2,9-10,13,16-48,51H2,3-6H3/q+1/b14-11+,15-12+. The largest absolute Gasteiger partial charge is 0.490 e. The van der Waals surface area contributed by atoms with Gasteiger partial charge in [-0.05, 0) is 64.0 Å². The van der Waals surface area contributed by atoms with E-state index in [1.807, 2.05) is 12.2 Å². The molecule has 340 valence electrons. The maximum atomic E-state index is 6.63. The lowest BCUT2D eigenvalue weighted by Crippen LogP contribution is -2.38. The minimum atomic E-state index is 0.720. The topological polar surface area (TPSA) is 27.7 Å². The Labute approximate surface area is 368 Å². The van der Waals surface area contributed by atoms with E-state index in [9.17, 15) is 0 Å². The Balaban J connectivity index is 2.68. The number of rotatable bonds is 45. The second kappa shape index (κ2) is 40.9. The molecule has 0 N–H and O–H groups in total. The maximum absolute atomic E-state index is 6.63. The van der Waals surface area contributed by atoms with Crippen molar-refractivity contribution in [3.05, 3.63) is 67.3 Å². The number of quaternary nitrogens is 1. The highest BCUT2D eigenvalue weighted by Gasteiger charge is 2.20. The Morgan fingerprint density at radius 1 is 0.441 bits per heavy atom. The molecule has 0 aromatic heterocycles. The van der Waals surface area contributed by atoms with Gasteiger partial charge in [0, 0.05) is 5.56 Å². The van der Waals surface area contributed by atoms with E-state index in [1.165, 1.54) is 192 Å². The van der Waals surface area contributed by atoms with Gasteiger partial charge in [-0.3, -0.25) is 0 Å². The molecule has 1 aromatic rings. The van der Waals surface area contributed by atoms with Gasteiger partial charge in [0.1, 0.15) is 6.54 Å². The molecule has 0 aliphatic carbocycles. The SMILES string of the molecule is C=C/C=C/CCCCCCCCCCCCOc1cc(C[N+](C)(C)CC)cc(OCCCCCCCCCCCC/C=C/C=C)c1OCCCCCCCCCCCC. The van der Waals surface area contributed by atoms with Crippen molar-refractivity contribution in [3.63, 3.8) is 0 Å². The van der Waals surface area contributed by atoms with Gasteiger partial charge < -0.3 is 18.7 Å². The molecule has 0 saturated heterocycles. The monoisotopic (exact) mass is 821 g/mol. The minimum absolute atomic E-state index is 0.720. The fraction of sp³-hybridized carbons (Fsp3) is 0.745. The van der Waals surface area contributed by atoms with Crippen molar-refractivity contribution in [2.45, 2.75) is 226 Å². The van der Waals surface area contributed by atoms with Gasteiger partial charge in [0.25, 0.3) is 0 Å². The number of allylic oxidation sites excluding steroid dienone is 6. The average molecular weight is 821 g/mol. The van der Waals surface area contributed by atoms with E-state index >= 15 is 0 Å². The second-order valence-corrected chi connectivity index (χ2v) is 18.0. The Bertz CT molecular complexity index is 1090. The first-order valence-corrected chi connectivity index (χ1v) is 25.4. The first-order chi connectivity index (χ1) is 29.0. The third-order valence-corrected chi connectivity index (χ3v) is 11.9. The molecule has 0 aliphatic rings. The fourth-order valence-electron chi connectivity index (χ4n) is 7.75. The van der Waals surface area contributed by atoms with Crippen molar-refractivity contribution < 1.29 is 18.7 Å². The average Bonchev–Trinajstić information content (AvgIpc) is 3.23. The lowest BCUT2D eigenvalue weighted by molar-refractivity contribution is -0.901. The summed E-state index contributed by atoms with van der Waals surface area (Å²) in [6.07, 6.45) is 54.1. The van der Waals surface area contributed by atoms with E-state index in [2.05, 4.69) is 77.5 Å². The molecule has 4 heteroatoms. The highest BCUT2D eigenvalue weighted by molar-refractivity contribution is 5.54. The van der Waals surface area contributed by atoms with E-state index < -0.39 is 0 Å². The van der Waals surface area contributed by atoms with Crippen LogP contribution in [0.25, 0.3) is 0 Å². The molecule has 0 spiro atoms. The van der Waals surface area contributed by atoms with Gasteiger partial charge >= 0.3 is 0 Å². The van der Waals surface area contributed by atoms with Crippen molar-refractivity contribution in [3.8, 4) is 17.2 Å². The molecule has 4 nitrogen and oxygen atoms in total. The summed E-state index contributed by atoms with van der Waals surface area (Å²) in [6.45, 7) is 16.3. The quantitative estimate of drug-likeness (QED) is 0.0373. The summed E-state index contributed by atoms with van der Waals surface area (Å²) in [5.41, 5.74) is 1.27. The van der Waals surface area contributed by atoms with Crippen molar-refractivity contribution in [1.82, 2.24) is 0 Å². The Morgan fingerprint density at radius 2 is 0.763 bits per heavy atom. The van der Waals surface area contributed by atoms with Gasteiger partial charge in [0.2, 0.25) is 5.75 Å². The van der Waals surface area contributed by atoms with Gasteiger partial charge in [-0.2, -0.15) is 0 Å². The van der Waals surface area contributed by atoms with E-state index in [0.29, 0.717) is 0 Å². The predicted molar refractivity (Wildman–Crippen MR) is 261 cm³/mol. The molecular weight excluding hydrogens is 723 g/mol. The lowest BCUT2D eigenvalue weighted by Gasteiger charge is -2.29. The van der Waals surface area contributed by atoms with Crippen LogP contribution in [0.15, 0.2) is 61.7 Å². The zero-order valence-corrected chi connectivity index (χ0v) is 39.9. The van der Waals surface area contributed by atoms with Crippen molar-refractivity contribution in [1.29, 1.82) is 0 Å². The Hall–Kier alpha value is -2.46. The van der Waals surface area contributed by atoms with Crippen molar-refractivity contribution in [2.24, 2.45) is 0 Å². The molecule has 0 aliphatic heterocycles. The van der Waals surface area contributed by atoms with Gasteiger partial charge in [-0.25, -0.2) is 0 Å². The third kappa shape index (κ3) is 33.9. The summed E-state index contributed by atoms with van der Waals surface area (Å²) in [7, 11) is 4.62. The van der Waals surface area contributed by atoms with Crippen LogP contribution in [0.5, 0.6) is 17.2 Å². The third-order valence-electron chi connectivity index (χ3n) is 11.9. The first kappa shape index (κ1) is 54.6. The molecule has 0 radical (unpaired) electrons. The highest BCUT2D eigenvalue weighted by atomic mass is 16.5. The van der Waals surface area contributed by atoms with Crippen LogP contribution in [0.3, 0.4) is 0 Å². The summed E-state index contributed by atoms with van der Waals surface area (Å²) in [6, 6.07) is 4.51. The van der Waals surface area contributed by atoms with Crippen LogP contribution in [0.4, 0.5) is 0 Å². The van der Waals surface area contributed by atoms with Gasteiger partial charge in [0.05, 0.1) is 40.5 Å². The molecule has 0 atom stereocenters. The van der Waals surface area contributed by atoms with E-state index in [-0.39, 0.29) is 0 Å². The normalized spacial score (nSPS) is 11.9. The molecule has 0 saturated carbocycles. The van der Waals surface area contributed by atoms with Crippen LogP contribution in [0.1, 0.15) is 225 Å². The Kier molecular flexibility index (Phi) is 37.8. The second-order valence-electron chi connectivity index (χ2n) is 18.0. The molecule has 1 aromatic carbocycles. The molecule has 0 bridgehead atoms. The van der Waals surface area contributed by atoms with Gasteiger partial charge in [-0.1, -0.05) is 217 Å². The number of nitrogens with zero attached hydrogens (tertiary/aromatic N) is 1. The minimum Gasteiger partial charge on any atom is -0.490 e. The van der Waals surface area contributed by atoms with Crippen LogP contribution in [0.2, 0.25) is 0 Å². The van der Waals surface area contributed by atoms with E-state index in [1.54, 1.807) is 0 Å². The molecule has 0 fully saturated rings. The number of unbranched alkanes of at least 4 members (excludes halogenated alkanes) is 29. The summed E-state index contributed by atoms with van der Waals surface area (Å²) >= 11 is 0. The van der Waals surface area contributed by atoms with Crippen LogP contribution in [-0.2, 0) is 6.54 Å². The molecular formula is C55H98NO3+. The van der Waals surface area contributed by atoms with Crippen LogP contribution >= 0.6 is 0 Å². The summed E-state index contributed by atoms with van der Waals surface area (Å²) in [5.74, 6) is 2.60. The van der Waals surface area contributed by atoms with E-state index in [4.69, 9.17) is 14.2 Å². The van der Waals surface area contributed by atoms with Gasteiger partial charge in [0.15, 0.2) is 11.5 Å². The number of ether oxygens (including phenoxy) is 3. The van der Waals surface area contributed by atoms with E-state index in [0.717, 1.165) is 73.9 Å². The fourth-order valence-corrected chi connectivity index (χ4v) is 7.75. The predicted octanol–water partition coefficient (Wildman–Crippen LogP) is 17.4. The zero-order valence-electron chi connectivity index (χ0n) is 39.9. The van der Waals surface area contributed by atoms with Gasteiger partial charge in [-0.15, -0.1) is 0 Å². The molecule has 0 heterocycles. The maximum Gasteiger partial charge on any atom is 0.203 e. The molecule has 0 amide bonds. The summed E-state index contributed by atoms with van der Waals surface area (Å²) < 4.78 is 20.8. The van der Waals surface area contributed by atoms with Crippen LogP contribution in [0, 0.1) is 0 Å². The van der Waals surface area contributed by atoms with Crippen LogP contribution in [-0.4, -0.2) is 44.9 Å². The zero-order chi connectivity index (χ0) is 42.8. The summed E-state index contributed by atoms with van der Waals surface area (Å²) in [5, 5.41) is 0. The molecule has 1 rings (SSSR count). The first-order valence-electron chi connectivity index (χ1n) is 25.4. The van der Waals surface area contributed by atoms with Crippen LogP contribution < -0.4 is 14.2 Å². The van der Waals surface area contributed by atoms with Crippen molar-refractivity contribution in [2.75, 3.05) is 40.5 Å². The highest BCUT2D eigenvalue weighted by Crippen LogP contribution is 2.40. The Morgan fingerprint density at radius 3 is 1.10 bits per heavy atom. The molecule has 0 unspecified atom stereocenters. The number of benzene rings is 1.